The molecule has 88 valence electrons. The van der Waals surface area contributed by atoms with Crippen molar-refractivity contribution in [3.05, 3.63) is 65.7 Å². The van der Waals surface area contributed by atoms with Gasteiger partial charge in [-0.15, -0.1) is 0 Å². The fourth-order valence-electron chi connectivity index (χ4n) is 1.64. The average molecular weight is 338 g/mol. The second-order valence-electron chi connectivity index (χ2n) is 3.86. The zero-order chi connectivity index (χ0) is 11.9. The van der Waals surface area contributed by atoms with E-state index >= 15 is 0 Å². The van der Waals surface area contributed by atoms with E-state index in [1.807, 2.05) is 24.3 Å². The van der Waals surface area contributed by atoms with Gasteiger partial charge in [0, 0.05) is 4.43 Å². The number of ether oxygens (including phenoxy) is 1. The number of benzene rings is 2. The van der Waals surface area contributed by atoms with E-state index in [0.717, 1.165) is 16.6 Å². The molecule has 2 aromatic carbocycles. The molecule has 0 aromatic heterocycles. The maximum atomic E-state index is 5.78. The summed E-state index contributed by atoms with van der Waals surface area (Å²) in [5.41, 5.74) is 2.54. The molecule has 2 heteroatoms. The van der Waals surface area contributed by atoms with Gasteiger partial charge in [0.1, 0.15) is 12.4 Å². The smallest absolute Gasteiger partial charge is 0.120 e. The number of alkyl halides is 1. The molecule has 2 aromatic rings. The van der Waals surface area contributed by atoms with Crippen LogP contribution in [0.1, 0.15) is 11.1 Å². The highest BCUT2D eigenvalue weighted by molar-refractivity contribution is 14.1. The zero-order valence-electron chi connectivity index (χ0n) is 9.60. The van der Waals surface area contributed by atoms with Gasteiger partial charge in [0.15, 0.2) is 0 Å². The number of halogens is 1. The predicted octanol–water partition coefficient (Wildman–Crippen LogP) is 4.24. The van der Waals surface area contributed by atoms with Gasteiger partial charge in [-0.3, -0.25) is 0 Å². The lowest BCUT2D eigenvalue weighted by atomic mass is 10.2. The molecule has 0 aliphatic heterocycles. The molecule has 0 saturated heterocycles. The van der Waals surface area contributed by atoms with Crippen LogP contribution in [0.4, 0.5) is 0 Å². The van der Waals surface area contributed by atoms with Gasteiger partial charge in [-0.25, -0.2) is 0 Å². The lowest BCUT2D eigenvalue weighted by Gasteiger charge is -2.07. The van der Waals surface area contributed by atoms with Gasteiger partial charge in [-0.1, -0.05) is 65.1 Å². The van der Waals surface area contributed by atoms with Crippen LogP contribution in [0.2, 0.25) is 0 Å². The summed E-state index contributed by atoms with van der Waals surface area (Å²) in [5.74, 6) is 0.955. The third-order valence-electron chi connectivity index (χ3n) is 2.53. The maximum Gasteiger partial charge on any atom is 0.120 e. The summed E-state index contributed by atoms with van der Waals surface area (Å²) in [5, 5.41) is 0. The van der Waals surface area contributed by atoms with Crippen molar-refractivity contribution in [2.45, 2.75) is 13.0 Å². The van der Waals surface area contributed by atoms with Crippen molar-refractivity contribution in [3.8, 4) is 5.75 Å². The molecule has 0 N–H and O–H groups in total. The van der Waals surface area contributed by atoms with Gasteiger partial charge in [0.05, 0.1) is 0 Å². The molecule has 0 amide bonds. The molecule has 17 heavy (non-hydrogen) atoms. The highest BCUT2D eigenvalue weighted by Gasteiger charge is 1.97. The molecule has 0 unspecified atom stereocenters. The van der Waals surface area contributed by atoms with Gasteiger partial charge in [-0.2, -0.15) is 0 Å². The van der Waals surface area contributed by atoms with E-state index in [0.29, 0.717) is 6.61 Å². The Morgan fingerprint density at radius 1 is 0.882 bits per heavy atom. The summed E-state index contributed by atoms with van der Waals surface area (Å²) in [6.07, 6.45) is 1.10. The van der Waals surface area contributed by atoms with Crippen LogP contribution >= 0.6 is 22.6 Å². The Balaban J connectivity index is 1.97. The van der Waals surface area contributed by atoms with E-state index in [1.165, 1.54) is 11.1 Å². The zero-order valence-corrected chi connectivity index (χ0v) is 11.8. The van der Waals surface area contributed by atoms with Crippen LogP contribution in [0.15, 0.2) is 54.6 Å². The number of aryl methyl sites for hydroxylation is 1. The molecule has 0 spiro atoms. The van der Waals surface area contributed by atoms with Crippen molar-refractivity contribution in [2.24, 2.45) is 0 Å². The lowest BCUT2D eigenvalue weighted by Crippen LogP contribution is -1.95. The monoisotopic (exact) mass is 338 g/mol. The second kappa shape index (κ2) is 6.64. The molecule has 0 atom stereocenters. The van der Waals surface area contributed by atoms with Crippen LogP contribution < -0.4 is 4.74 Å². The molecular weight excluding hydrogens is 323 g/mol. The van der Waals surface area contributed by atoms with Crippen molar-refractivity contribution in [1.29, 1.82) is 0 Å². The molecule has 0 heterocycles. The predicted molar refractivity (Wildman–Crippen MR) is 79.8 cm³/mol. The molecule has 0 radical (unpaired) electrons. The van der Waals surface area contributed by atoms with Crippen LogP contribution in [0.5, 0.6) is 5.75 Å². The van der Waals surface area contributed by atoms with E-state index in [9.17, 15) is 0 Å². The number of rotatable bonds is 5. The van der Waals surface area contributed by atoms with Crippen molar-refractivity contribution in [1.82, 2.24) is 0 Å². The normalized spacial score (nSPS) is 10.2. The Labute approximate surface area is 116 Å². The van der Waals surface area contributed by atoms with Gasteiger partial charge in [-0.05, 0) is 29.7 Å². The van der Waals surface area contributed by atoms with Gasteiger partial charge in [0.2, 0.25) is 0 Å². The van der Waals surface area contributed by atoms with Crippen LogP contribution in [0.3, 0.4) is 0 Å². The van der Waals surface area contributed by atoms with Crippen molar-refractivity contribution >= 4 is 22.6 Å². The first-order valence-corrected chi connectivity index (χ1v) is 7.22. The van der Waals surface area contributed by atoms with E-state index in [2.05, 4.69) is 52.9 Å². The van der Waals surface area contributed by atoms with E-state index in [-0.39, 0.29) is 0 Å². The Kier molecular flexibility index (Phi) is 4.86. The molecule has 0 saturated carbocycles. The van der Waals surface area contributed by atoms with E-state index in [4.69, 9.17) is 4.74 Å². The highest BCUT2D eigenvalue weighted by Crippen LogP contribution is 2.16. The van der Waals surface area contributed by atoms with E-state index in [1.54, 1.807) is 0 Å². The summed E-state index contributed by atoms with van der Waals surface area (Å²) < 4.78 is 6.92. The Bertz CT molecular complexity index is 453. The van der Waals surface area contributed by atoms with Gasteiger partial charge >= 0.3 is 0 Å². The number of hydrogen-bond donors (Lipinski definition) is 0. The van der Waals surface area contributed by atoms with E-state index < -0.39 is 0 Å². The standard InChI is InChI=1S/C15H15IO/c16-10-9-13-7-4-8-15(11-13)17-12-14-5-2-1-3-6-14/h1-8,11H,9-10,12H2. The summed E-state index contributed by atoms with van der Waals surface area (Å²) in [7, 11) is 0. The van der Waals surface area contributed by atoms with Crippen molar-refractivity contribution < 1.29 is 4.74 Å². The second-order valence-corrected chi connectivity index (χ2v) is 4.94. The summed E-state index contributed by atoms with van der Waals surface area (Å²) >= 11 is 2.39. The molecule has 0 aliphatic rings. The van der Waals surface area contributed by atoms with Crippen molar-refractivity contribution in [2.75, 3.05) is 4.43 Å². The first-order valence-electron chi connectivity index (χ1n) is 5.70. The van der Waals surface area contributed by atoms with Crippen LogP contribution in [0, 0.1) is 0 Å². The number of hydrogen-bond acceptors (Lipinski definition) is 1. The molecule has 0 aliphatic carbocycles. The third kappa shape index (κ3) is 4.04. The summed E-state index contributed by atoms with van der Waals surface area (Å²) in [6.45, 7) is 0.633. The fraction of sp³-hybridized carbons (Fsp3) is 0.200. The van der Waals surface area contributed by atoms with Gasteiger partial charge in [0.25, 0.3) is 0 Å². The Morgan fingerprint density at radius 2 is 1.65 bits per heavy atom. The van der Waals surface area contributed by atoms with Crippen molar-refractivity contribution in [3.63, 3.8) is 0 Å². The third-order valence-corrected chi connectivity index (χ3v) is 3.07. The molecule has 2 rings (SSSR count). The minimum atomic E-state index is 0.633. The largest absolute Gasteiger partial charge is 0.489 e. The first-order chi connectivity index (χ1) is 8.38. The summed E-state index contributed by atoms with van der Waals surface area (Å²) in [4.78, 5) is 0. The highest BCUT2D eigenvalue weighted by atomic mass is 127. The molecule has 1 nitrogen and oxygen atoms in total. The minimum Gasteiger partial charge on any atom is -0.489 e. The van der Waals surface area contributed by atoms with Crippen LogP contribution in [-0.2, 0) is 13.0 Å². The first kappa shape index (κ1) is 12.4. The minimum absolute atomic E-state index is 0.633. The van der Waals surface area contributed by atoms with Gasteiger partial charge < -0.3 is 4.74 Å². The topological polar surface area (TPSA) is 9.23 Å². The quantitative estimate of drug-likeness (QED) is 0.585. The van der Waals surface area contributed by atoms with Crippen LogP contribution in [0.25, 0.3) is 0 Å². The molecular formula is C15H15IO. The average Bonchev–Trinajstić information content (AvgIpc) is 2.39. The maximum absolute atomic E-state index is 5.78. The summed E-state index contributed by atoms with van der Waals surface area (Å²) in [6, 6.07) is 18.6. The fourth-order valence-corrected chi connectivity index (χ4v) is 2.26. The molecule has 0 fully saturated rings. The van der Waals surface area contributed by atoms with Crippen LogP contribution in [-0.4, -0.2) is 4.43 Å². The SMILES string of the molecule is ICCc1cccc(OCc2ccccc2)c1. The Morgan fingerprint density at radius 3 is 2.41 bits per heavy atom. The Hall–Kier alpha value is -1.03. The molecule has 0 bridgehead atoms. The lowest BCUT2D eigenvalue weighted by molar-refractivity contribution is 0.306.